The molecule has 23 heavy (non-hydrogen) atoms. The molecule has 8 heteroatoms. The monoisotopic (exact) mass is 317 g/mol. The van der Waals surface area contributed by atoms with Crippen LogP contribution in [0.25, 0.3) is 5.52 Å². The molecule has 1 fully saturated rings. The number of hydrogen-bond donors (Lipinski definition) is 0. The minimum atomic E-state index is -0.486. The predicted molar refractivity (Wildman–Crippen MR) is 84.7 cm³/mol. The lowest BCUT2D eigenvalue weighted by atomic mass is 9.80. The molecule has 3 rings (SSSR count). The molecule has 0 aliphatic carbocycles. The largest absolute Gasteiger partial charge is 0.496 e. The summed E-state index contributed by atoms with van der Waals surface area (Å²) in [6.07, 6.45) is 1.76. The van der Waals surface area contributed by atoms with E-state index in [0.29, 0.717) is 12.1 Å². The van der Waals surface area contributed by atoms with Crippen molar-refractivity contribution < 1.29 is 18.8 Å². The second kappa shape index (κ2) is 5.31. The van der Waals surface area contributed by atoms with Crippen LogP contribution in [-0.2, 0) is 14.0 Å². The van der Waals surface area contributed by atoms with E-state index in [-0.39, 0.29) is 5.69 Å². The predicted octanol–water partition coefficient (Wildman–Crippen LogP) is 1.21. The van der Waals surface area contributed by atoms with Gasteiger partial charge in [-0.2, -0.15) is 0 Å². The van der Waals surface area contributed by atoms with Gasteiger partial charge in [0.2, 0.25) is 0 Å². The van der Waals surface area contributed by atoms with Crippen molar-refractivity contribution in [2.45, 2.75) is 45.8 Å². The number of nitrogens with zero attached hydrogens (tertiary/aromatic N) is 3. The van der Waals surface area contributed by atoms with Gasteiger partial charge in [-0.15, -0.1) is 5.10 Å². The van der Waals surface area contributed by atoms with Crippen molar-refractivity contribution in [2.75, 3.05) is 6.61 Å². The summed E-state index contributed by atoms with van der Waals surface area (Å²) in [6.45, 7) is 10.0. The maximum absolute atomic E-state index is 11.8. The van der Waals surface area contributed by atoms with Crippen molar-refractivity contribution in [1.82, 2.24) is 14.8 Å². The Balaban J connectivity index is 1.92. The summed E-state index contributed by atoms with van der Waals surface area (Å²) in [7, 11) is -0.486. The molecule has 0 spiro atoms. The van der Waals surface area contributed by atoms with E-state index in [0.717, 1.165) is 5.46 Å². The maximum Gasteiger partial charge on any atom is 0.496 e. The van der Waals surface area contributed by atoms with Gasteiger partial charge >= 0.3 is 13.1 Å². The molecule has 7 nitrogen and oxygen atoms in total. The summed E-state index contributed by atoms with van der Waals surface area (Å²) in [6, 6.07) is 3.62. The molecule has 1 aliphatic heterocycles. The van der Waals surface area contributed by atoms with E-state index in [1.807, 2.05) is 33.8 Å². The Bertz CT molecular complexity index is 740. The highest BCUT2D eigenvalue weighted by molar-refractivity contribution is 6.62. The molecule has 1 aliphatic rings. The highest BCUT2D eigenvalue weighted by Gasteiger charge is 2.51. The molecule has 0 bridgehead atoms. The molecule has 2 aromatic heterocycles. The van der Waals surface area contributed by atoms with Crippen LogP contribution in [0.2, 0.25) is 0 Å². The van der Waals surface area contributed by atoms with Gasteiger partial charge in [0, 0.05) is 11.7 Å². The first kappa shape index (κ1) is 16.0. The summed E-state index contributed by atoms with van der Waals surface area (Å²) in [5.74, 6) is -0.481. The van der Waals surface area contributed by atoms with Gasteiger partial charge in [0.05, 0.1) is 17.8 Å². The van der Waals surface area contributed by atoms with Crippen LogP contribution in [0.3, 0.4) is 0 Å². The van der Waals surface area contributed by atoms with Crippen LogP contribution < -0.4 is 5.46 Å². The Hall–Kier alpha value is -1.93. The minimum Gasteiger partial charge on any atom is -0.461 e. The quantitative estimate of drug-likeness (QED) is 0.626. The number of carbonyl (C=O) groups excluding carboxylic acids is 1. The topological polar surface area (TPSA) is 75.0 Å². The van der Waals surface area contributed by atoms with E-state index in [9.17, 15) is 4.79 Å². The van der Waals surface area contributed by atoms with Gasteiger partial charge in [-0.1, -0.05) is 11.3 Å². The van der Waals surface area contributed by atoms with Crippen LogP contribution in [0.5, 0.6) is 0 Å². The first-order valence-electron chi connectivity index (χ1n) is 7.63. The molecule has 0 radical (unpaired) electrons. The summed E-state index contributed by atoms with van der Waals surface area (Å²) in [5.41, 5.74) is 0.781. The van der Waals surface area contributed by atoms with Crippen molar-refractivity contribution in [3.8, 4) is 0 Å². The van der Waals surface area contributed by atoms with Gasteiger partial charge in [0.1, 0.15) is 5.52 Å². The molecule has 2 aromatic rings. The zero-order valence-electron chi connectivity index (χ0n) is 14.0. The molecular formula is C15H20BN3O4. The number of pyridine rings is 1. The first-order valence-corrected chi connectivity index (χ1v) is 7.63. The van der Waals surface area contributed by atoms with Gasteiger partial charge < -0.3 is 14.0 Å². The average molecular weight is 317 g/mol. The Morgan fingerprint density at radius 2 is 1.91 bits per heavy atom. The van der Waals surface area contributed by atoms with Crippen molar-refractivity contribution in [2.24, 2.45) is 0 Å². The standard InChI is InChI=1S/C15H20BN3O4/c1-6-21-13(20)12-11-8-7-10(9-19(11)18-17-12)16-22-14(2,3)15(4,5)23-16/h7-9H,6H2,1-5H3. The molecule has 0 amide bonds. The molecule has 1 saturated heterocycles. The molecule has 3 heterocycles. The van der Waals surface area contributed by atoms with Crippen LogP contribution in [0.4, 0.5) is 0 Å². The molecule has 0 atom stereocenters. The van der Waals surface area contributed by atoms with Crippen LogP contribution in [0.15, 0.2) is 18.3 Å². The van der Waals surface area contributed by atoms with Crippen molar-refractivity contribution in [1.29, 1.82) is 0 Å². The lowest BCUT2D eigenvalue weighted by Crippen LogP contribution is -2.41. The van der Waals surface area contributed by atoms with Crippen molar-refractivity contribution in [3.05, 3.63) is 24.0 Å². The molecule has 0 N–H and O–H groups in total. The number of ether oxygens (including phenoxy) is 1. The Morgan fingerprint density at radius 1 is 1.26 bits per heavy atom. The third-order valence-corrected chi connectivity index (χ3v) is 4.43. The SMILES string of the molecule is CCOC(=O)c1nnn2cc(B3OC(C)(C)C(C)(C)O3)ccc12. The summed E-state index contributed by atoms with van der Waals surface area (Å²) >= 11 is 0. The van der Waals surface area contributed by atoms with Gasteiger partial charge in [-0.05, 0) is 40.7 Å². The summed E-state index contributed by atoms with van der Waals surface area (Å²) < 4.78 is 18.5. The maximum atomic E-state index is 11.8. The number of esters is 1. The van der Waals surface area contributed by atoms with Crippen LogP contribution in [-0.4, -0.2) is 45.7 Å². The van der Waals surface area contributed by atoms with Gasteiger partial charge in [-0.25, -0.2) is 9.31 Å². The Labute approximate surface area is 135 Å². The molecular weight excluding hydrogens is 297 g/mol. The van der Waals surface area contributed by atoms with Gasteiger partial charge in [0.25, 0.3) is 0 Å². The van der Waals surface area contributed by atoms with Gasteiger partial charge in [-0.3, -0.25) is 0 Å². The summed E-state index contributed by atoms with van der Waals surface area (Å²) in [4.78, 5) is 11.8. The third kappa shape index (κ3) is 2.62. The number of rotatable bonds is 3. The fourth-order valence-electron chi connectivity index (χ4n) is 2.37. The van der Waals surface area contributed by atoms with Crippen LogP contribution in [0, 0.1) is 0 Å². The first-order chi connectivity index (χ1) is 10.7. The Morgan fingerprint density at radius 3 is 2.52 bits per heavy atom. The second-order valence-electron chi connectivity index (χ2n) is 6.54. The number of carbonyl (C=O) groups is 1. The second-order valence-corrected chi connectivity index (χ2v) is 6.54. The lowest BCUT2D eigenvalue weighted by Gasteiger charge is -2.32. The molecule has 0 aromatic carbocycles. The number of aromatic nitrogens is 3. The minimum absolute atomic E-state index is 0.201. The van der Waals surface area contributed by atoms with E-state index < -0.39 is 24.3 Å². The van der Waals surface area contributed by atoms with Crippen molar-refractivity contribution >= 4 is 24.1 Å². The fourth-order valence-corrected chi connectivity index (χ4v) is 2.37. The van der Waals surface area contributed by atoms with E-state index in [1.54, 1.807) is 19.2 Å². The molecule has 0 unspecified atom stereocenters. The fraction of sp³-hybridized carbons (Fsp3) is 0.533. The Kier molecular flexibility index (Phi) is 3.69. The number of fused-ring (bicyclic) bond motifs is 1. The van der Waals surface area contributed by atoms with Crippen LogP contribution in [0.1, 0.15) is 45.1 Å². The average Bonchev–Trinajstić information content (AvgIpc) is 2.97. The highest BCUT2D eigenvalue weighted by atomic mass is 16.7. The summed E-state index contributed by atoms with van der Waals surface area (Å²) in [5, 5.41) is 7.88. The third-order valence-electron chi connectivity index (χ3n) is 4.43. The lowest BCUT2D eigenvalue weighted by molar-refractivity contribution is 0.00578. The highest BCUT2D eigenvalue weighted by Crippen LogP contribution is 2.36. The smallest absolute Gasteiger partial charge is 0.461 e. The molecule has 0 saturated carbocycles. The van der Waals surface area contributed by atoms with E-state index >= 15 is 0 Å². The van der Waals surface area contributed by atoms with E-state index in [4.69, 9.17) is 14.0 Å². The van der Waals surface area contributed by atoms with Crippen LogP contribution >= 0.6 is 0 Å². The van der Waals surface area contributed by atoms with Crippen molar-refractivity contribution in [3.63, 3.8) is 0 Å². The zero-order valence-corrected chi connectivity index (χ0v) is 14.0. The van der Waals surface area contributed by atoms with E-state index in [2.05, 4.69) is 10.3 Å². The normalized spacial score (nSPS) is 19.3. The number of hydrogen-bond acceptors (Lipinski definition) is 6. The molecule has 122 valence electrons. The van der Waals surface area contributed by atoms with Gasteiger partial charge in [0.15, 0.2) is 5.69 Å². The zero-order chi connectivity index (χ0) is 16.8. The van der Waals surface area contributed by atoms with E-state index in [1.165, 1.54) is 4.52 Å².